The molecule has 0 heterocycles. The van der Waals surface area contributed by atoms with Crippen LogP contribution in [0.2, 0.25) is 5.16 Å². The Morgan fingerprint density at radius 1 is 0.448 bits per heavy atom. The summed E-state index contributed by atoms with van der Waals surface area (Å²) in [5.74, 6) is 0. The molecule has 0 fully saturated rings. The van der Waals surface area contributed by atoms with Gasteiger partial charge in [0.15, 0.2) is 0 Å². The van der Waals surface area contributed by atoms with Crippen molar-refractivity contribution in [1.82, 2.24) is 0 Å². The van der Waals surface area contributed by atoms with E-state index in [-0.39, 0.29) is 0 Å². The summed E-state index contributed by atoms with van der Waals surface area (Å²) < 4.78 is 5.78. The molecule has 0 bridgehead atoms. The third kappa shape index (κ3) is 39.4. The maximum atomic E-state index is 5.78. The monoisotopic (exact) mass is 444 g/mol. The van der Waals surface area contributed by atoms with Crippen LogP contribution in [0.15, 0.2) is 0 Å². The highest BCUT2D eigenvalue weighted by Gasteiger charge is 1.95. The summed E-state index contributed by atoms with van der Waals surface area (Å²) in [6.45, 7) is 8.86. The predicted molar refractivity (Wildman–Crippen MR) is 144 cm³/mol. The zero-order valence-electron chi connectivity index (χ0n) is 21.5. The Labute approximate surface area is 192 Å². The molecule has 29 heavy (non-hydrogen) atoms. The summed E-state index contributed by atoms with van der Waals surface area (Å²) in [6, 6.07) is 0. The van der Waals surface area contributed by atoms with Crippen molar-refractivity contribution in [2.24, 2.45) is 0 Å². The minimum atomic E-state index is 0.994. The van der Waals surface area contributed by atoms with E-state index >= 15 is 0 Å². The van der Waals surface area contributed by atoms with E-state index in [1.165, 1.54) is 149 Å². The Morgan fingerprint density at radius 2 is 0.655 bits per heavy atom. The van der Waals surface area contributed by atoms with Crippen LogP contribution in [0.5, 0.6) is 0 Å². The summed E-state index contributed by atoms with van der Waals surface area (Å²) in [4.78, 5) is 0. The van der Waals surface area contributed by atoms with Crippen LogP contribution in [-0.2, 0) is 4.74 Å². The lowest BCUT2D eigenvalue weighted by atomic mass is 10.1. The Bertz CT molecular complexity index is 234. The number of rotatable bonds is 22. The molecule has 0 unspecified atom stereocenters. The fourth-order valence-electron chi connectivity index (χ4n) is 3.49. The Morgan fingerprint density at radius 3 is 0.897 bits per heavy atom. The maximum absolute atomic E-state index is 5.78. The average Bonchev–Trinajstić information content (AvgIpc) is 2.69. The van der Waals surface area contributed by atoms with Gasteiger partial charge in [-0.3, -0.25) is 0 Å². The lowest BCUT2D eigenvalue weighted by Gasteiger charge is -2.05. The van der Waals surface area contributed by atoms with Crippen LogP contribution in [0, 0.1) is 0 Å². The van der Waals surface area contributed by atoms with Gasteiger partial charge in [0, 0.05) is 33.7 Å². The molecule has 0 atom stereocenters. The Balaban J connectivity index is 0. The first kappa shape index (κ1) is 31.6. The largest absolute Gasteiger partial charge is 0.381 e. The SMILES string of the molecule is CC([SiH3])[SiH3].CCCCCCCCCCCCOCCCCCCCCCCCC. The molecule has 0 amide bonds. The Kier molecular flexibility index (Phi) is 33.3. The molecule has 0 spiro atoms. The van der Waals surface area contributed by atoms with Crippen molar-refractivity contribution >= 4 is 20.5 Å². The van der Waals surface area contributed by atoms with Gasteiger partial charge in [-0.1, -0.05) is 142 Å². The van der Waals surface area contributed by atoms with Crippen LogP contribution in [0.4, 0.5) is 0 Å². The third-order valence-corrected chi connectivity index (χ3v) is 5.28. The number of ether oxygens (including phenoxy) is 1. The molecule has 3 heteroatoms. The van der Waals surface area contributed by atoms with Gasteiger partial charge in [-0.2, -0.15) is 0 Å². The van der Waals surface area contributed by atoms with E-state index in [0.717, 1.165) is 18.4 Å². The topological polar surface area (TPSA) is 9.23 Å². The molecule has 0 radical (unpaired) electrons. The first-order valence-electron chi connectivity index (χ1n) is 13.7. The van der Waals surface area contributed by atoms with E-state index in [1.54, 1.807) is 0 Å². The van der Waals surface area contributed by atoms with Crippen LogP contribution in [-0.4, -0.2) is 33.7 Å². The maximum Gasteiger partial charge on any atom is 0.0466 e. The third-order valence-electron chi connectivity index (χ3n) is 5.28. The van der Waals surface area contributed by atoms with E-state index < -0.39 is 0 Å². The molecule has 0 aliphatic rings. The Hall–Kier alpha value is 0.394. The molecule has 178 valence electrons. The second-order valence-corrected chi connectivity index (χ2v) is 16.6. The van der Waals surface area contributed by atoms with Crippen molar-refractivity contribution in [2.75, 3.05) is 13.2 Å². The first-order valence-corrected chi connectivity index (χ1v) is 16.0. The molecule has 0 rings (SSSR count). The summed E-state index contributed by atoms with van der Waals surface area (Å²) in [7, 11) is 2.82. The molecule has 0 saturated heterocycles. The van der Waals surface area contributed by atoms with Gasteiger partial charge in [0.2, 0.25) is 0 Å². The van der Waals surface area contributed by atoms with Gasteiger partial charge in [0.25, 0.3) is 0 Å². The summed E-state index contributed by atoms with van der Waals surface area (Å²) in [6.07, 6.45) is 28.2. The minimum Gasteiger partial charge on any atom is -0.381 e. The van der Waals surface area contributed by atoms with Crippen molar-refractivity contribution in [2.45, 2.75) is 154 Å². The van der Waals surface area contributed by atoms with Gasteiger partial charge >= 0.3 is 0 Å². The van der Waals surface area contributed by atoms with Crippen LogP contribution < -0.4 is 0 Å². The zero-order chi connectivity index (χ0) is 21.8. The minimum absolute atomic E-state index is 0.994. The number of hydrogen-bond donors (Lipinski definition) is 0. The highest BCUT2D eigenvalue weighted by atomic mass is 28.2. The van der Waals surface area contributed by atoms with Crippen LogP contribution in [0.25, 0.3) is 0 Å². The van der Waals surface area contributed by atoms with Crippen LogP contribution in [0.3, 0.4) is 0 Å². The lowest BCUT2D eigenvalue weighted by Crippen LogP contribution is -1.97. The van der Waals surface area contributed by atoms with Gasteiger partial charge in [-0.25, -0.2) is 0 Å². The van der Waals surface area contributed by atoms with Crippen molar-refractivity contribution < 1.29 is 4.74 Å². The predicted octanol–water partition coefficient (Wildman–Crippen LogP) is 7.33. The van der Waals surface area contributed by atoms with Crippen molar-refractivity contribution in [3.8, 4) is 0 Å². The van der Waals surface area contributed by atoms with E-state index in [9.17, 15) is 0 Å². The molecule has 0 aromatic rings. The smallest absolute Gasteiger partial charge is 0.0466 e. The number of unbranched alkanes of at least 4 members (excludes halogenated alkanes) is 18. The highest BCUT2D eigenvalue weighted by Crippen LogP contribution is 2.12. The van der Waals surface area contributed by atoms with Crippen molar-refractivity contribution in [1.29, 1.82) is 0 Å². The molecule has 1 nitrogen and oxygen atoms in total. The molecule has 0 saturated carbocycles. The van der Waals surface area contributed by atoms with E-state index in [1.807, 2.05) is 0 Å². The summed E-state index contributed by atoms with van der Waals surface area (Å²) in [5, 5.41) is 1.11. The lowest BCUT2D eigenvalue weighted by molar-refractivity contribution is 0.125. The van der Waals surface area contributed by atoms with Crippen LogP contribution >= 0.6 is 0 Å². The van der Waals surface area contributed by atoms with Crippen molar-refractivity contribution in [3.05, 3.63) is 0 Å². The normalized spacial score (nSPS) is 12.1. The molecule has 0 N–H and O–H groups in total. The zero-order valence-corrected chi connectivity index (χ0v) is 25.5. The van der Waals surface area contributed by atoms with Crippen LogP contribution in [0.1, 0.15) is 149 Å². The highest BCUT2D eigenvalue weighted by molar-refractivity contribution is 6.35. The molecular formula is C26H60OSi2. The second kappa shape index (κ2) is 30.6. The molecule has 0 aliphatic heterocycles. The fourth-order valence-corrected chi connectivity index (χ4v) is 3.49. The second-order valence-electron chi connectivity index (χ2n) is 9.71. The molecule has 0 aromatic heterocycles. The molecule has 0 aromatic carbocycles. The van der Waals surface area contributed by atoms with E-state index in [0.29, 0.717) is 0 Å². The summed E-state index contributed by atoms with van der Waals surface area (Å²) >= 11 is 0. The molecule has 0 aliphatic carbocycles. The van der Waals surface area contributed by atoms with E-state index in [4.69, 9.17) is 4.74 Å². The number of hydrogen-bond acceptors (Lipinski definition) is 1. The quantitative estimate of drug-likeness (QED) is 0.125. The standard InChI is InChI=1S/C24H50O.C2H10Si2/c1-3-5-7-9-11-13-15-17-19-21-23-25-24-22-20-18-16-14-12-10-8-6-4-2;1-2(3)4/h3-24H2,1-2H3;2H,1,3-4H3. The summed E-state index contributed by atoms with van der Waals surface area (Å²) in [5.41, 5.74) is 0. The van der Waals surface area contributed by atoms with Gasteiger partial charge in [0.05, 0.1) is 0 Å². The van der Waals surface area contributed by atoms with Gasteiger partial charge in [0.1, 0.15) is 0 Å². The van der Waals surface area contributed by atoms with E-state index in [2.05, 4.69) is 20.8 Å². The molecular weight excluding hydrogens is 384 g/mol. The van der Waals surface area contributed by atoms with Crippen molar-refractivity contribution in [3.63, 3.8) is 0 Å². The fraction of sp³-hybridized carbons (Fsp3) is 1.00. The van der Waals surface area contributed by atoms with Gasteiger partial charge in [-0.15, -0.1) is 0 Å². The average molecular weight is 445 g/mol. The van der Waals surface area contributed by atoms with Gasteiger partial charge < -0.3 is 4.74 Å². The van der Waals surface area contributed by atoms with Gasteiger partial charge in [-0.05, 0) is 12.8 Å². The first-order chi connectivity index (χ1) is 14.1.